The molecule has 0 aliphatic heterocycles. The lowest BCUT2D eigenvalue weighted by Gasteiger charge is -2.18. The van der Waals surface area contributed by atoms with Crippen LogP contribution in [0.3, 0.4) is 0 Å². The van der Waals surface area contributed by atoms with E-state index in [9.17, 15) is 4.79 Å². The summed E-state index contributed by atoms with van der Waals surface area (Å²) in [5.41, 5.74) is 2.47. The van der Waals surface area contributed by atoms with Gasteiger partial charge in [-0.3, -0.25) is 4.79 Å². The maximum absolute atomic E-state index is 12.6. The van der Waals surface area contributed by atoms with Crippen molar-refractivity contribution in [3.63, 3.8) is 0 Å². The number of anilines is 1. The van der Waals surface area contributed by atoms with E-state index in [4.69, 9.17) is 0 Å². The Morgan fingerprint density at radius 3 is 2.52 bits per heavy atom. The third kappa shape index (κ3) is 4.46. The highest BCUT2D eigenvalue weighted by Gasteiger charge is 2.15. The Morgan fingerprint density at radius 2 is 1.86 bits per heavy atom. The maximum Gasteiger partial charge on any atom is 0.256 e. The van der Waals surface area contributed by atoms with Crippen LogP contribution in [-0.4, -0.2) is 30.7 Å². The van der Waals surface area contributed by atoms with Crippen molar-refractivity contribution in [3.05, 3.63) is 58.7 Å². The normalized spacial score (nSPS) is 11.7. The summed E-state index contributed by atoms with van der Waals surface area (Å²) in [4.78, 5) is 17.0. The summed E-state index contributed by atoms with van der Waals surface area (Å²) >= 11 is 2.96. The zero-order valence-corrected chi connectivity index (χ0v) is 18.1. The molecule has 148 valence electrons. The zero-order chi connectivity index (χ0) is 20.6. The van der Waals surface area contributed by atoms with Crippen molar-refractivity contribution < 1.29 is 4.79 Å². The van der Waals surface area contributed by atoms with Gasteiger partial charge in [-0.15, -0.1) is 10.2 Å². The van der Waals surface area contributed by atoms with E-state index >= 15 is 0 Å². The molecule has 0 fully saturated rings. The van der Waals surface area contributed by atoms with Gasteiger partial charge in [0.15, 0.2) is 15.8 Å². The number of hydrogen-bond donors (Lipinski definition) is 1. The molecule has 0 aliphatic carbocycles. The number of rotatable bonds is 4. The van der Waals surface area contributed by atoms with E-state index in [-0.39, 0.29) is 11.3 Å². The molecule has 4 aromatic rings. The fraction of sp³-hybridized carbons (Fsp3) is 0.250. The summed E-state index contributed by atoms with van der Waals surface area (Å²) in [7, 11) is 0. The van der Waals surface area contributed by atoms with E-state index < -0.39 is 0 Å². The van der Waals surface area contributed by atoms with Crippen molar-refractivity contribution in [2.45, 2.75) is 42.5 Å². The first-order valence-electron chi connectivity index (χ1n) is 9.04. The fourth-order valence-corrected chi connectivity index (χ4v) is 4.42. The average molecular weight is 425 g/mol. The minimum atomic E-state index is -0.201. The van der Waals surface area contributed by atoms with Gasteiger partial charge in [-0.25, -0.2) is 9.50 Å². The predicted molar refractivity (Wildman–Crippen MR) is 115 cm³/mol. The highest BCUT2D eigenvalue weighted by molar-refractivity contribution is 8.01. The third-order valence-corrected chi connectivity index (χ3v) is 6.07. The van der Waals surface area contributed by atoms with Crippen molar-refractivity contribution in [2.24, 2.45) is 0 Å². The minimum Gasteiger partial charge on any atom is -0.305 e. The van der Waals surface area contributed by atoms with Crippen LogP contribution in [0.5, 0.6) is 0 Å². The van der Waals surface area contributed by atoms with Crippen LogP contribution < -0.4 is 5.32 Å². The van der Waals surface area contributed by atoms with Gasteiger partial charge in [0, 0.05) is 5.56 Å². The number of hydrogen-bond acceptors (Lipinski definition) is 7. The summed E-state index contributed by atoms with van der Waals surface area (Å²) in [6, 6.07) is 11.4. The molecular weight excluding hydrogens is 404 g/mol. The third-order valence-electron chi connectivity index (χ3n) is 4.25. The summed E-state index contributed by atoms with van der Waals surface area (Å²) in [6.45, 7) is 8.35. The number of carbonyl (C=O) groups excluding carboxylic acids is 1. The fourth-order valence-electron chi connectivity index (χ4n) is 2.70. The number of aryl methyl sites for hydroxylation is 1. The summed E-state index contributed by atoms with van der Waals surface area (Å²) < 4.78 is 2.48. The number of fused-ring (bicyclic) bond motifs is 1. The monoisotopic (exact) mass is 424 g/mol. The van der Waals surface area contributed by atoms with Crippen LogP contribution >= 0.6 is 23.1 Å². The molecule has 0 bridgehead atoms. The van der Waals surface area contributed by atoms with Crippen molar-refractivity contribution >= 4 is 40.5 Å². The Morgan fingerprint density at radius 1 is 1.10 bits per heavy atom. The molecule has 0 saturated carbocycles. The van der Waals surface area contributed by atoms with Crippen LogP contribution in [0.4, 0.5) is 5.82 Å². The zero-order valence-electron chi connectivity index (χ0n) is 16.5. The van der Waals surface area contributed by atoms with Gasteiger partial charge in [0.1, 0.15) is 10.0 Å². The molecule has 0 unspecified atom stereocenters. The van der Waals surface area contributed by atoms with E-state index in [1.807, 2.05) is 43.3 Å². The Labute approximate surface area is 176 Å². The number of nitrogens with one attached hydrogen (secondary N) is 1. The molecule has 7 nitrogen and oxygen atoms in total. The van der Waals surface area contributed by atoms with Crippen LogP contribution in [0, 0.1) is 6.92 Å². The standard InChI is InChI=1S/C20H20N6OS2/c1-12-23-24-19(28-12)29-17-10-9-16-21-15(11-26(16)25-17)22-18(27)13-5-7-14(8-6-13)20(2,3)4/h5-11H,1-4H3,(H,22,27). The van der Waals surface area contributed by atoms with Gasteiger partial charge >= 0.3 is 0 Å². The molecule has 29 heavy (non-hydrogen) atoms. The minimum absolute atomic E-state index is 0.0470. The highest BCUT2D eigenvalue weighted by atomic mass is 32.2. The number of aromatic nitrogens is 5. The Kier molecular flexibility index (Phi) is 5.10. The van der Waals surface area contributed by atoms with E-state index in [1.54, 1.807) is 10.7 Å². The summed E-state index contributed by atoms with van der Waals surface area (Å²) in [6.07, 6.45) is 1.70. The van der Waals surface area contributed by atoms with Crippen molar-refractivity contribution in [3.8, 4) is 0 Å². The second kappa shape index (κ2) is 7.57. The second-order valence-corrected chi connectivity index (χ2v) is 10.0. The van der Waals surface area contributed by atoms with Crippen molar-refractivity contribution in [1.82, 2.24) is 24.8 Å². The van der Waals surface area contributed by atoms with Gasteiger partial charge in [-0.05, 0) is 53.9 Å². The van der Waals surface area contributed by atoms with Crippen molar-refractivity contribution in [1.29, 1.82) is 0 Å². The van der Waals surface area contributed by atoms with E-state index in [2.05, 4.69) is 46.4 Å². The molecule has 0 saturated heterocycles. The Balaban J connectivity index is 1.50. The molecule has 0 atom stereocenters. The molecule has 1 N–H and O–H groups in total. The van der Waals surface area contributed by atoms with Gasteiger partial charge in [-0.1, -0.05) is 44.2 Å². The largest absolute Gasteiger partial charge is 0.305 e. The first kappa shape index (κ1) is 19.5. The molecule has 1 aromatic carbocycles. The highest BCUT2D eigenvalue weighted by Crippen LogP contribution is 2.28. The van der Waals surface area contributed by atoms with Gasteiger partial charge in [-0.2, -0.15) is 5.10 Å². The first-order chi connectivity index (χ1) is 13.8. The SMILES string of the molecule is Cc1nnc(Sc2ccc3nc(NC(=O)c4ccc(C(C)(C)C)cc4)cn3n2)s1. The lowest BCUT2D eigenvalue weighted by atomic mass is 9.87. The Bertz CT molecular complexity index is 1170. The van der Waals surface area contributed by atoms with Crippen LogP contribution in [0.2, 0.25) is 0 Å². The summed E-state index contributed by atoms with van der Waals surface area (Å²) in [5, 5.41) is 17.2. The van der Waals surface area contributed by atoms with Gasteiger partial charge in [0.2, 0.25) is 0 Å². The van der Waals surface area contributed by atoms with Crippen LogP contribution in [0.1, 0.15) is 41.7 Å². The smallest absolute Gasteiger partial charge is 0.256 e. The number of nitrogens with zero attached hydrogens (tertiary/aromatic N) is 5. The van der Waals surface area contributed by atoms with Crippen molar-refractivity contribution in [2.75, 3.05) is 5.32 Å². The van der Waals surface area contributed by atoms with E-state index in [1.165, 1.54) is 28.7 Å². The van der Waals surface area contributed by atoms with Gasteiger partial charge in [0.05, 0.1) is 6.20 Å². The number of benzene rings is 1. The second-order valence-electron chi connectivity index (χ2n) is 7.57. The van der Waals surface area contributed by atoms with Gasteiger partial charge < -0.3 is 5.32 Å². The molecule has 0 radical (unpaired) electrons. The number of amides is 1. The van der Waals surface area contributed by atoms with E-state index in [0.717, 1.165) is 14.4 Å². The van der Waals surface area contributed by atoms with Gasteiger partial charge in [0.25, 0.3) is 5.91 Å². The molecule has 3 heterocycles. The summed E-state index contributed by atoms with van der Waals surface area (Å²) in [5.74, 6) is 0.254. The van der Waals surface area contributed by atoms with Crippen LogP contribution in [0.15, 0.2) is 52.0 Å². The first-order valence-corrected chi connectivity index (χ1v) is 10.7. The molecule has 1 amide bonds. The van der Waals surface area contributed by atoms with E-state index in [0.29, 0.717) is 17.0 Å². The molecule has 0 aliphatic rings. The lowest BCUT2D eigenvalue weighted by Crippen LogP contribution is -2.14. The molecule has 0 spiro atoms. The quantitative estimate of drug-likeness (QED) is 0.516. The lowest BCUT2D eigenvalue weighted by molar-refractivity contribution is 0.102. The topological polar surface area (TPSA) is 85.1 Å². The molecule has 4 rings (SSSR count). The molecule has 9 heteroatoms. The van der Waals surface area contributed by atoms with Crippen LogP contribution in [-0.2, 0) is 5.41 Å². The maximum atomic E-state index is 12.6. The average Bonchev–Trinajstić information content (AvgIpc) is 3.26. The predicted octanol–water partition coefficient (Wildman–Crippen LogP) is 4.59. The Hall–Kier alpha value is -2.78. The van der Waals surface area contributed by atoms with Crippen LogP contribution in [0.25, 0.3) is 5.65 Å². The number of imidazole rings is 1. The molecule has 3 aromatic heterocycles. The number of carbonyl (C=O) groups is 1. The molecular formula is C20H20N6OS2.